The SMILES string of the molecule is Cc1c2ccccc2cc2cccc(Cc3cccc4c(-c5ccccc5)c5ccccc5c(-c5ccccc5)c34)c12. The summed E-state index contributed by atoms with van der Waals surface area (Å²) in [5.41, 5.74) is 9.22. The van der Waals surface area contributed by atoms with Crippen LogP contribution in [0.2, 0.25) is 0 Å². The molecule has 0 aliphatic heterocycles. The Balaban J connectivity index is 1.48. The van der Waals surface area contributed by atoms with E-state index in [1.807, 2.05) is 0 Å². The van der Waals surface area contributed by atoms with E-state index < -0.39 is 0 Å². The van der Waals surface area contributed by atoms with Crippen LogP contribution >= 0.6 is 0 Å². The summed E-state index contributed by atoms with van der Waals surface area (Å²) in [6.07, 6.45) is 0.861. The molecule has 0 bridgehead atoms. The van der Waals surface area contributed by atoms with Crippen LogP contribution in [0.25, 0.3) is 65.3 Å². The van der Waals surface area contributed by atoms with Crippen LogP contribution in [0.4, 0.5) is 0 Å². The summed E-state index contributed by atoms with van der Waals surface area (Å²) in [7, 11) is 0. The number of hydrogen-bond acceptors (Lipinski definition) is 0. The monoisotopic (exact) mass is 534 g/mol. The summed E-state index contributed by atoms with van der Waals surface area (Å²) in [6.45, 7) is 2.29. The molecule has 42 heavy (non-hydrogen) atoms. The second-order valence-electron chi connectivity index (χ2n) is 11.3. The fraction of sp³-hybridized carbons (Fsp3) is 0.0476. The zero-order chi connectivity index (χ0) is 28.0. The Bertz CT molecular complexity index is 2260. The average Bonchev–Trinajstić information content (AvgIpc) is 3.05. The molecule has 0 unspecified atom stereocenters. The van der Waals surface area contributed by atoms with Crippen molar-refractivity contribution in [1.29, 1.82) is 0 Å². The van der Waals surface area contributed by atoms with Gasteiger partial charge in [-0.25, -0.2) is 0 Å². The molecule has 8 rings (SSSR count). The summed E-state index contributed by atoms with van der Waals surface area (Å²) in [6, 6.07) is 55.6. The third-order valence-corrected chi connectivity index (χ3v) is 8.88. The van der Waals surface area contributed by atoms with E-state index in [0.29, 0.717) is 0 Å². The van der Waals surface area contributed by atoms with Crippen LogP contribution in [0, 0.1) is 6.92 Å². The minimum Gasteiger partial charge on any atom is -0.0622 e. The second-order valence-corrected chi connectivity index (χ2v) is 11.3. The average molecular weight is 535 g/mol. The van der Waals surface area contributed by atoms with Gasteiger partial charge in [0.15, 0.2) is 0 Å². The van der Waals surface area contributed by atoms with Gasteiger partial charge in [0.05, 0.1) is 0 Å². The molecule has 0 radical (unpaired) electrons. The number of benzene rings is 8. The molecular weight excluding hydrogens is 504 g/mol. The van der Waals surface area contributed by atoms with E-state index >= 15 is 0 Å². The van der Waals surface area contributed by atoms with Crippen molar-refractivity contribution in [3.05, 3.63) is 168 Å². The maximum Gasteiger partial charge on any atom is -0.00131 e. The maximum absolute atomic E-state index is 2.35. The number of hydrogen-bond donors (Lipinski definition) is 0. The van der Waals surface area contributed by atoms with Gasteiger partial charge in [-0.05, 0) is 101 Å². The van der Waals surface area contributed by atoms with E-state index in [1.54, 1.807) is 0 Å². The van der Waals surface area contributed by atoms with Crippen molar-refractivity contribution >= 4 is 43.1 Å². The van der Waals surface area contributed by atoms with Crippen LogP contribution in [0.3, 0.4) is 0 Å². The molecule has 0 saturated heterocycles. The lowest BCUT2D eigenvalue weighted by atomic mass is 9.82. The first kappa shape index (κ1) is 24.6. The quantitative estimate of drug-likeness (QED) is 0.197. The van der Waals surface area contributed by atoms with Gasteiger partial charge in [0.2, 0.25) is 0 Å². The Labute approximate surface area is 246 Å². The molecule has 0 aromatic heterocycles. The van der Waals surface area contributed by atoms with E-state index in [1.165, 1.54) is 82.0 Å². The van der Waals surface area contributed by atoms with E-state index in [2.05, 4.69) is 159 Å². The molecule has 0 N–H and O–H groups in total. The normalized spacial score (nSPS) is 11.5. The van der Waals surface area contributed by atoms with Crippen molar-refractivity contribution in [3.63, 3.8) is 0 Å². The van der Waals surface area contributed by atoms with Crippen molar-refractivity contribution in [2.75, 3.05) is 0 Å². The Morgan fingerprint density at radius 3 is 1.60 bits per heavy atom. The highest BCUT2D eigenvalue weighted by atomic mass is 14.2. The van der Waals surface area contributed by atoms with Crippen LogP contribution in [0.5, 0.6) is 0 Å². The van der Waals surface area contributed by atoms with E-state index in [0.717, 1.165) is 6.42 Å². The summed E-state index contributed by atoms with van der Waals surface area (Å²) >= 11 is 0. The Hall–Kier alpha value is -5.20. The lowest BCUT2D eigenvalue weighted by Gasteiger charge is -2.21. The minimum absolute atomic E-state index is 0.861. The van der Waals surface area contributed by atoms with Gasteiger partial charge >= 0.3 is 0 Å². The molecule has 0 aliphatic rings. The zero-order valence-electron chi connectivity index (χ0n) is 23.6. The molecule has 8 aromatic carbocycles. The van der Waals surface area contributed by atoms with Gasteiger partial charge in [-0.15, -0.1) is 0 Å². The Kier molecular flexibility index (Phi) is 5.86. The predicted molar refractivity (Wildman–Crippen MR) is 181 cm³/mol. The van der Waals surface area contributed by atoms with Crippen molar-refractivity contribution in [1.82, 2.24) is 0 Å². The summed E-state index contributed by atoms with van der Waals surface area (Å²) in [5.74, 6) is 0. The number of aryl methyl sites for hydroxylation is 1. The second kappa shape index (κ2) is 10.0. The first-order valence-corrected chi connectivity index (χ1v) is 14.7. The highest BCUT2D eigenvalue weighted by Crippen LogP contribution is 2.45. The first-order chi connectivity index (χ1) is 20.8. The van der Waals surface area contributed by atoms with Crippen molar-refractivity contribution in [3.8, 4) is 22.3 Å². The largest absolute Gasteiger partial charge is 0.0622 e. The lowest BCUT2D eigenvalue weighted by Crippen LogP contribution is -1.97. The topological polar surface area (TPSA) is 0 Å². The van der Waals surface area contributed by atoms with Crippen LogP contribution in [0.1, 0.15) is 16.7 Å². The van der Waals surface area contributed by atoms with E-state index in [4.69, 9.17) is 0 Å². The molecule has 0 spiro atoms. The van der Waals surface area contributed by atoms with Gasteiger partial charge in [0.25, 0.3) is 0 Å². The fourth-order valence-electron chi connectivity index (χ4n) is 7.09. The highest BCUT2D eigenvalue weighted by molar-refractivity contribution is 6.22. The van der Waals surface area contributed by atoms with Gasteiger partial charge in [-0.1, -0.05) is 146 Å². The van der Waals surface area contributed by atoms with Crippen LogP contribution in [-0.2, 0) is 6.42 Å². The molecule has 0 fully saturated rings. The third-order valence-electron chi connectivity index (χ3n) is 8.88. The third kappa shape index (κ3) is 3.91. The molecule has 8 aromatic rings. The van der Waals surface area contributed by atoms with E-state index in [9.17, 15) is 0 Å². The van der Waals surface area contributed by atoms with Gasteiger partial charge in [-0.3, -0.25) is 0 Å². The fourth-order valence-corrected chi connectivity index (χ4v) is 7.09. The summed E-state index contributed by atoms with van der Waals surface area (Å²) in [4.78, 5) is 0. The van der Waals surface area contributed by atoms with Gasteiger partial charge in [0, 0.05) is 0 Å². The number of fused-ring (bicyclic) bond motifs is 4. The smallest absolute Gasteiger partial charge is 0.00131 e. The van der Waals surface area contributed by atoms with Crippen molar-refractivity contribution < 1.29 is 0 Å². The highest BCUT2D eigenvalue weighted by Gasteiger charge is 2.19. The maximum atomic E-state index is 2.35. The standard InChI is InChI=1S/C42H30/c1-28-35-22-9-8-18-31(35)26-32-19-12-20-33(39(28)32)27-34-21-13-25-38-40(29-14-4-2-5-15-29)36-23-10-11-24-37(36)41(42(34)38)30-16-6-3-7-17-30/h2-26H,27H2,1H3. The Morgan fingerprint density at radius 1 is 0.381 bits per heavy atom. The Morgan fingerprint density at radius 2 is 0.881 bits per heavy atom. The molecule has 0 amide bonds. The molecule has 0 nitrogen and oxygen atoms in total. The minimum atomic E-state index is 0.861. The first-order valence-electron chi connectivity index (χ1n) is 14.7. The molecule has 0 atom stereocenters. The molecule has 0 aliphatic carbocycles. The van der Waals surface area contributed by atoms with Crippen LogP contribution < -0.4 is 0 Å². The van der Waals surface area contributed by atoms with Gasteiger partial charge in [0.1, 0.15) is 0 Å². The lowest BCUT2D eigenvalue weighted by molar-refractivity contribution is 1.23. The molecule has 0 saturated carbocycles. The molecule has 0 heteroatoms. The predicted octanol–water partition coefficient (Wildman–Crippen LogP) is 11.5. The summed E-state index contributed by atoms with van der Waals surface area (Å²) in [5, 5.41) is 10.5. The van der Waals surface area contributed by atoms with Gasteiger partial charge in [-0.2, -0.15) is 0 Å². The number of rotatable bonds is 4. The molecule has 198 valence electrons. The van der Waals surface area contributed by atoms with Gasteiger partial charge < -0.3 is 0 Å². The van der Waals surface area contributed by atoms with Crippen LogP contribution in [-0.4, -0.2) is 0 Å². The molecule has 0 heterocycles. The van der Waals surface area contributed by atoms with Crippen molar-refractivity contribution in [2.45, 2.75) is 13.3 Å². The van der Waals surface area contributed by atoms with E-state index in [-0.39, 0.29) is 0 Å². The van der Waals surface area contributed by atoms with Crippen LogP contribution in [0.15, 0.2) is 152 Å². The molecular formula is C42H30. The summed E-state index contributed by atoms with van der Waals surface area (Å²) < 4.78 is 0. The van der Waals surface area contributed by atoms with Crippen molar-refractivity contribution in [2.24, 2.45) is 0 Å². The zero-order valence-corrected chi connectivity index (χ0v) is 23.6.